The SMILES string of the molecule is CN(C)CC1C(=O)OC(COc2ccc(Cl)cc2)C1(c1ccccc1)c1ccccc1. The van der Waals surface area contributed by atoms with E-state index in [2.05, 4.69) is 24.3 Å². The van der Waals surface area contributed by atoms with Crippen molar-refractivity contribution in [2.45, 2.75) is 11.5 Å². The third kappa shape index (κ3) is 4.18. The molecule has 1 fully saturated rings. The van der Waals surface area contributed by atoms with Crippen LogP contribution in [0.3, 0.4) is 0 Å². The summed E-state index contributed by atoms with van der Waals surface area (Å²) < 4.78 is 12.1. The molecule has 1 aliphatic heterocycles. The van der Waals surface area contributed by atoms with Crippen LogP contribution in [-0.2, 0) is 14.9 Å². The fourth-order valence-electron chi connectivity index (χ4n) is 4.55. The maximum Gasteiger partial charge on any atom is 0.312 e. The predicted octanol–water partition coefficient (Wildman–Crippen LogP) is 4.81. The second-order valence-corrected chi connectivity index (χ2v) is 8.54. The summed E-state index contributed by atoms with van der Waals surface area (Å²) >= 11 is 6.00. The van der Waals surface area contributed by atoms with Gasteiger partial charge in [0.2, 0.25) is 0 Å². The summed E-state index contributed by atoms with van der Waals surface area (Å²) in [5, 5.41) is 0.647. The van der Waals surface area contributed by atoms with Crippen molar-refractivity contribution in [3.63, 3.8) is 0 Å². The number of carbonyl (C=O) groups is 1. The van der Waals surface area contributed by atoms with Crippen molar-refractivity contribution in [3.8, 4) is 5.75 Å². The van der Waals surface area contributed by atoms with E-state index in [9.17, 15) is 4.79 Å². The number of hydrogen-bond donors (Lipinski definition) is 0. The lowest BCUT2D eigenvalue weighted by Gasteiger charge is -2.38. The van der Waals surface area contributed by atoms with Gasteiger partial charge in [0.05, 0.1) is 11.3 Å². The zero-order valence-corrected chi connectivity index (χ0v) is 18.5. The molecule has 0 radical (unpaired) electrons. The monoisotopic (exact) mass is 435 g/mol. The molecule has 3 aromatic rings. The topological polar surface area (TPSA) is 38.8 Å². The Balaban J connectivity index is 1.81. The molecule has 0 saturated carbocycles. The predicted molar refractivity (Wildman–Crippen MR) is 123 cm³/mol. The third-order valence-electron chi connectivity index (χ3n) is 5.87. The van der Waals surface area contributed by atoms with Crippen LogP contribution in [0, 0.1) is 5.92 Å². The molecule has 4 rings (SSSR count). The summed E-state index contributed by atoms with van der Waals surface area (Å²) in [6, 6.07) is 27.5. The summed E-state index contributed by atoms with van der Waals surface area (Å²) in [6.07, 6.45) is -0.481. The fraction of sp³-hybridized carbons (Fsp3) is 0.269. The van der Waals surface area contributed by atoms with Gasteiger partial charge in [-0.2, -0.15) is 0 Å². The highest BCUT2D eigenvalue weighted by Gasteiger charge is 2.59. The van der Waals surface area contributed by atoms with E-state index in [1.807, 2.05) is 67.5 Å². The van der Waals surface area contributed by atoms with Crippen LogP contribution in [-0.4, -0.2) is 44.2 Å². The highest BCUT2D eigenvalue weighted by atomic mass is 35.5. The first-order valence-electron chi connectivity index (χ1n) is 10.4. The second-order valence-electron chi connectivity index (χ2n) is 8.11. The molecular weight excluding hydrogens is 410 g/mol. The number of halogens is 1. The molecule has 1 aliphatic rings. The lowest BCUT2D eigenvalue weighted by Crippen LogP contribution is -2.48. The van der Waals surface area contributed by atoms with E-state index < -0.39 is 11.5 Å². The van der Waals surface area contributed by atoms with Crippen molar-refractivity contribution in [1.29, 1.82) is 0 Å². The average Bonchev–Trinajstić information content (AvgIpc) is 3.06. The Hall–Kier alpha value is -2.82. The normalized spacial score (nSPS) is 19.9. The number of cyclic esters (lactones) is 1. The van der Waals surface area contributed by atoms with E-state index in [4.69, 9.17) is 21.1 Å². The number of rotatable bonds is 7. The smallest absolute Gasteiger partial charge is 0.312 e. The van der Waals surface area contributed by atoms with Crippen LogP contribution >= 0.6 is 11.6 Å². The standard InChI is InChI=1S/C26H26ClNO3/c1-28(2)17-23-25(29)31-24(18-30-22-15-13-21(27)14-16-22)26(23,19-9-5-3-6-10-19)20-11-7-4-8-12-20/h3-16,23-24H,17-18H2,1-2H3. The van der Waals surface area contributed by atoms with Gasteiger partial charge in [-0.1, -0.05) is 72.3 Å². The Morgan fingerprint density at radius 1 is 0.903 bits per heavy atom. The third-order valence-corrected chi connectivity index (χ3v) is 6.12. The minimum absolute atomic E-state index is 0.203. The molecule has 0 bridgehead atoms. The van der Waals surface area contributed by atoms with E-state index in [0.717, 1.165) is 11.1 Å². The molecule has 0 amide bonds. The first-order valence-corrected chi connectivity index (χ1v) is 10.7. The van der Waals surface area contributed by atoms with Crippen LogP contribution in [0.15, 0.2) is 84.9 Å². The number of ether oxygens (including phenoxy) is 2. The number of nitrogens with zero attached hydrogens (tertiary/aromatic N) is 1. The number of benzene rings is 3. The molecule has 31 heavy (non-hydrogen) atoms. The summed E-state index contributed by atoms with van der Waals surface area (Å²) in [7, 11) is 3.96. The van der Waals surface area contributed by atoms with Crippen LogP contribution < -0.4 is 4.74 Å². The Bertz CT molecular complexity index is 966. The van der Waals surface area contributed by atoms with Gasteiger partial charge < -0.3 is 14.4 Å². The zero-order chi connectivity index (χ0) is 21.8. The van der Waals surface area contributed by atoms with Crippen LogP contribution in [0.25, 0.3) is 0 Å². The van der Waals surface area contributed by atoms with Crippen molar-refractivity contribution in [1.82, 2.24) is 4.90 Å². The number of esters is 1. The van der Waals surface area contributed by atoms with Crippen molar-refractivity contribution in [2.75, 3.05) is 27.2 Å². The Kier molecular flexibility index (Phi) is 6.30. The quantitative estimate of drug-likeness (QED) is 0.499. The number of hydrogen-bond acceptors (Lipinski definition) is 4. The minimum atomic E-state index is -0.670. The van der Waals surface area contributed by atoms with Gasteiger partial charge >= 0.3 is 5.97 Å². The van der Waals surface area contributed by atoms with Gasteiger partial charge in [0.15, 0.2) is 6.10 Å². The Morgan fingerprint density at radius 3 is 1.97 bits per heavy atom. The molecule has 5 heteroatoms. The largest absolute Gasteiger partial charge is 0.490 e. The lowest BCUT2D eigenvalue weighted by molar-refractivity contribution is -0.145. The van der Waals surface area contributed by atoms with Gasteiger partial charge in [-0.3, -0.25) is 4.79 Å². The Labute approximate surface area is 188 Å². The molecule has 1 heterocycles. The van der Waals surface area contributed by atoms with Crippen LogP contribution in [0.2, 0.25) is 5.02 Å². The molecule has 160 valence electrons. The van der Waals surface area contributed by atoms with Gasteiger partial charge in [0, 0.05) is 11.6 Å². The molecule has 1 saturated heterocycles. The first-order chi connectivity index (χ1) is 15.0. The molecule has 2 atom stereocenters. The Morgan fingerprint density at radius 2 is 1.45 bits per heavy atom. The minimum Gasteiger partial charge on any atom is -0.490 e. The van der Waals surface area contributed by atoms with Gasteiger partial charge in [-0.05, 0) is 49.5 Å². The molecular formula is C26H26ClNO3. The molecule has 4 nitrogen and oxygen atoms in total. The van der Waals surface area contributed by atoms with E-state index >= 15 is 0 Å². The van der Waals surface area contributed by atoms with E-state index in [-0.39, 0.29) is 18.5 Å². The van der Waals surface area contributed by atoms with Crippen LogP contribution in [0.5, 0.6) is 5.75 Å². The first kappa shape index (κ1) is 21.4. The molecule has 0 spiro atoms. The maximum absolute atomic E-state index is 13.2. The lowest BCUT2D eigenvalue weighted by atomic mass is 9.63. The molecule has 0 N–H and O–H groups in total. The van der Waals surface area contributed by atoms with Gasteiger partial charge in [-0.25, -0.2) is 0 Å². The molecule has 0 aliphatic carbocycles. The summed E-state index contributed by atoms with van der Waals surface area (Å²) in [6.45, 7) is 0.807. The molecule has 3 aromatic carbocycles. The van der Waals surface area contributed by atoms with Gasteiger partial charge in [-0.15, -0.1) is 0 Å². The molecule has 0 aromatic heterocycles. The number of carbonyl (C=O) groups excluding carboxylic acids is 1. The van der Waals surface area contributed by atoms with Gasteiger partial charge in [0.25, 0.3) is 0 Å². The second kappa shape index (κ2) is 9.13. The average molecular weight is 436 g/mol. The maximum atomic E-state index is 13.2. The van der Waals surface area contributed by atoms with Crippen LogP contribution in [0.4, 0.5) is 0 Å². The van der Waals surface area contributed by atoms with Crippen molar-refractivity contribution < 1.29 is 14.3 Å². The van der Waals surface area contributed by atoms with Crippen molar-refractivity contribution in [3.05, 3.63) is 101 Å². The zero-order valence-electron chi connectivity index (χ0n) is 17.7. The van der Waals surface area contributed by atoms with Crippen LogP contribution in [0.1, 0.15) is 11.1 Å². The summed E-state index contributed by atoms with van der Waals surface area (Å²) in [4.78, 5) is 15.3. The summed E-state index contributed by atoms with van der Waals surface area (Å²) in [5.41, 5.74) is 1.42. The van der Waals surface area contributed by atoms with E-state index in [0.29, 0.717) is 17.3 Å². The van der Waals surface area contributed by atoms with E-state index in [1.165, 1.54) is 0 Å². The fourth-order valence-corrected chi connectivity index (χ4v) is 4.67. The molecule has 2 unspecified atom stereocenters. The van der Waals surface area contributed by atoms with E-state index in [1.54, 1.807) is 12.1 Å². The highest BCUT2D eigenvalue weighted by Crippen LogP contribution is 2.49. The summed E-state index contributed by atoms with van der Waals surface area (Å²) in [5.74, 6) is 0.115. The van der Waals surface area contributed by atoms with Crippen molar-refractivity contribution >= 4 is 17.6 Å². The highest BCUT2D eigenvalue weighted by molar-refractivity contribution is 6.30. The van der Waals surface area contributed by atoms with Crippen molar-refractivity contribution in [2.24, 2.45) is 5.92 Å². The van der Waals surface area contributed by atoms with Gasteiger partial charge in [0.1, 0.15) is 12.4 Å².